The van der Waals surface area contributed by atoms with Gasteiger partial charge in [0.15, 0.2) is 0 Å². The summed E-state index contributed by atoms with van der Waals surface area (Å²) in [7, 11) is 3.14. The summed E-state index contributed by atoms with van der Waals surface area (Å²) in [6.07, 6.45) is 0.887. The quantitative estimate of drug-likeness (QED) is 0.732. The molecule has 0 fully saturated rings. The lowest BCUT2D eigenvalue weighted by Crippen LogP contribution is -2.33. The normalized spacial score (nSPS) is 11.8. The fourth-order valence-electron chi connectivity index (χ4n) is 1.90. The molecule has 130 valence electrons. The van der Waals surface area contributed by atoms with E-state index in [9.17, 15) is 4.79 Å². The van der Waals surface area contributed by atoms with E-state index in [0.717, 1.165) is 6.42 Å². The number of hydrogen-bond acceptors (Lipinski definition) is 7. The van der Waals surface area contributed by atoms with Crippen molar-refractivity contribution < 1.29 is 18.7 Å². The van der Waals surface area contributed by atoms with Gasteiger partial charge in [-0.15, -0.1) is 10.2 Å². The summed E-state index contributed by atoms with van der Waals surface area (Å²) < 4.78 is 16.1. The standard InChI is InChI=1S/C16H21N3O4S/c1-5-10(2)17-14(20)9-24-16-19-18-15(23-16)12-7-6-11(21-3)8-13(12)22-4/h6-8,10H,5,9H2,1-4H3,(H,17,20)/t10-/m1/s1. The molecule has 2 aromatic rings. The zero-order valence-electron chi connectivity index (χ0n) is 14.2. The van der Waals surface area contributed by atoms with Crippen molar-refractivity contribution in [1.82, 2.24) is 15.5 Å². The van der Waals surface area contributed by atoms with Gasteiger partial charge in [0.25, 0.3) is 11.1 Å². The van der Waals surface area contributed by atoms with E-state index < -0.39 is 0 Å². The SMILES string of the molecule is CC[C@@H](C)NC(=O)CSc1nnc(-c2ccc(OC)cc2OC)o1. The van der Waals surface area contributed by atoms with Crippen LogP contribution in [0, 0.1) is 0 Å². The minimum atomic E-state index is -0.0591. The highest BCUT2D eigenvalue weighted by molar-refractivity contribution is 7.99. The van der Waals surface area contributed by atoms with E-state index in [1.807, 2.05) is 13.8 Å². The fourth-order valence-corrected chi connectivity index (χ4v) is 2.47. The van der Waals surface area contributed by atoms with Gasteiger partial charge in [0, 0.05) is 12.1 Å². The Morgan fingerprint density at radius 2 is 2.12 bits per heavy atom. The van der Waals surface area contributed by atoms with Crippen LogP contribution in [-0.4, -0.2) is 42.1 Å². The third kappa shape index (κ3) is 4.64. The molecule has 1 aromatic carbocycles. The summed E-state index contributed by atoms with van der Waals surface area (Å²) in [4.78, 5) is 11.8. The van der Waals surface area contributed by atoms with E-state index in [-0.39, 0.29) is 17.7 Å². The average molecular weight is 351 g/mol. The topological polar surface area (TPSA) is 86.5 Å². The lowest BCUT2D eigenvalue weighted by Gasteiger charge is -2.09. The Morgan fingerprint density at radius 3 is 2.79 bits per heavy atom. The predicted octanol–water partition coefficient (Wildman–Crippen LogP) is 2.76. The number of nitrogens with one attached hydrogen (secondary N) is 1. The highest BCUT2D eigenvalue weighted by atomic mass is 32.2. The number of methoxy groups -OCH3 is 2. The van der Waals surface area contributed by atoms with Crippen LogP contribution in [0.2, 0.25) is 0 Å². The number of hydrogen-bond donors (Lipinski definition) is 1. The first kappa shape index (κ1) is 18.1. The third-order valence-electron chi connectivity index (χ3n) is 3.39. The molecule has 8 heteroatoms. The number of ether oxygens (including phenoxy) is 2. The van der Waals surface area contributed by atoms with Gasteiger partial charge in [-0.2, -0.15) is 0 Å². The Balaban J connectivity index is 2.04. The summed E-state index contributed by atoms with van der Waals surface area (Å²) in [5, 5.41) is 11.2. The molecular formula is C16H21N3O4S. The summed E-state index contributed by atoms with van der Waals surface area (Å²) in [5.74, 6) is 1.75. The van der Waals surface area contributed by atoms with E-state index in [2.05, 4.69) is 15.5 Å². The van der Waals surface area contributed by atoms with Crippen LogP contribution >= 0.6 is 11.8 Å². The molecule has 2 rings (SSSR count). The number of carbonyl (C=O) groups excluding carboxylic acids is 1. The first-order valence-corrected chi connectivity index (χ1v) is 8.54. The fraction of sp³-hybridized carbons (Fsp3) is 0.438. The van der Waals surface area contributed by atoms with Gasteiger partial charge in [-0.3, -0.25) is 4.79 Å². The largest absolute Gasteiger partial charge is 0.497 e. The number of aromatic nitrogens is 2. The Morgan fingerprint density at radius 1 is 1.33 bits per heavy atom. The minimum absolute atomic E-state index is 0.0591. The Labute approximate surface area is 145 Å². The smallest absolute Gasteiger partial charge is 0.277 e. The zero-order chi connectivity index (χ0) is 17.5. The van der Waals surface area contributed by atoms with Crippen LogP contribution in [0.3, 0.4) is 0 Å². The number of rotatable bonds is 8. The molecule has 1 N–H and O–H groups in total. The lowest BCUT2D eigenvalue weighted by atomic mass is 10.2. The van der Waals surface area contributed by atoms with Crippen molar-refractivity contribution >= 4 is 17.7 Å². The van der Waals surface area contributed by atoms with Crippen molar-refractivity contribution in [2.45, 2.75) is 31.5 Å². The van der Waals surface area contributed by atoms with Crippen LogP contribution in [0.5, 0.6) is 11.5 Å². The van der Waals surface area contributed by atoms with Crippen LogP contribution in [-0.2, 0) is 4.79 Å². The van der Waals surface area contributed by atoms with E-state index in [1.54, 1.807) is 32.4 Å². The van der Waals surface area contributed by atoms with Gasteiger partial charge in [-0.05, 0) is 25.5 Å². The van der Waals surface area contributed by atoms with Crippen LogP contribution in [0.25, 0.3) is 11.5 Å². The molecule has 0 aliphatic heterocycles. The van der Waals surface area contributed by atoms with Crippen LogP contribution < -0.4 is 14.8 Å². The average Bonchev–Trinajstić information content (AvgIpc) is 3.07. The maximum atomic E-state index is 11.8. The lowest BCUT2D eigenvalue weighted by molar-refractivity contribution is -0.119. The Hall–Kier alpha value is -2.22. The zero-order valence-corrected chi connectivity index (χ0v) is 15.0. The number of thioether (sulfide) groups is 1. The number of carbonyl (C=O) groups is 1. The van der Waals surface area contributed by atoms with Crippen molar-refractivity contribution in [2.75, 3.05) is 20.0 Å². The minimum Gasteiger partial charge on any atom is -0.497 e. The van der Waals surface area contributed by atoms with Crippen LogP contribution in [0.15, 0.2) is 27.8 Å². The van der Waals surface area contributed by atoms with Crippen molar-refractivity contribution in [1.29, 1.82) is 0 Å². The molecule has 1 atom stereocenters. The second kappa shape index (κ2) is 8.58. The predicted molar refractivity (Wildman–Crippen MR) is 91.5 cm³/mol. The van der Waals surface area contributed by atoms with Gasteiger partial charge < -0.3 is 19.2 Å². The molecule has 7 nitrogen and oxygen atoms in total. The first-order valence-electron chi connectivity index (χ1n) is 7.55. The van der Waals surface area contributed by atoms with Crippen molar-refractivity contribution in [3.63, 3.8) is 0 Å². The number of nitrogens with zero attached hydrogens (tertiary/aromatic N) is 2. The van der Waals surface area contributed by atoms with E-state index in [1.165, 1.54) is 11.8 Å². The van der Waals surface area contributed by atoms with Gasteiger partial charge >= 0.3 is 0 Å². The maximum absolute atomic E-state index is 11.8. The molecule has 1 heterocycles. The second-order valence-corrected chi connectivity index (χ2v) is 6.03. The Kier molecular flexibility index (Phi) is 6.48. The molecule has 1 amide bonds. The first-order chi connectivity index (χ1) is 11.6. The van der Waals surface area contributed by atoms with Gasteiger partial charge in [0.05, 0.1) is 25.5 Å². The van der Waals surface area contributed by atoms with Gasteiger partial charge in [-0.1, -0.05) is 18.7 Å². The van der Waals surface area contributed by atoms with Gasteiger partial charge in [-0.25, -0.2) is 0 Å². The number of benzene rings is 1. The van der Waals surface area contributed by atoms with Crippen molar-refractivity contribution in [2.24, 2.45) is 0 Å². The van der Waals surface area contributed by atoms with Gasteiger partial charge in [0.1, 0.15) is 11.5 Å². The molecule has 0 aliphatic carbocycles. The van der Waals surface area contributed by atoms with E-state index in [0.29, 0.717) is 28.2 Å². The third-order valence-corrected chi connectivity index (χ3v) is 4.21. The summed E-state index contributed by atoms with van der Waals surface area (Å²) >= 11 is 1.20. The van der Waals surface area contributed by atoms with Crippen LogP contribution in [0.1, 0.15) is 20.3 Å². The van der Waals surface area contributed by atoms with E-state index in [4.69, 9.17) is 13.9 Å². The highest BCUT2D eigenvalue weighted by Crippen LogP contribution is 2.33. The molecule has 1 aromatic heterocycles. The molecule has 0 aliphatic rings. The van der Waals surface area contributed by atoms with Crippen molar-refractivity contribution in [3.05, 3.63) is 18.2 Å². The van der Waals surface area contributed by atoms with Gasteiger partial charge in [0.2, 0.25) is 5.91 Å². The summed E-state index contributed by atoms with van der Waals surface area (Å²) in [6.45, 7) is 3.98. The highest BCUT2D eigenvalue weighted by Gasteiger charge is 2.16. The molecule has 0 saturated heterocycles. The maximum Gasteiger partial charge on any atom is 0.277 e. The molecule has 0 unspecified atom stereocenters. The van der Waals surface area contributed by atoms with Crippen LogP contribution in [0.4, 0.5) is 0 Å². The second-order valence-electron chi connectivity index (χ2n) is 5.10. The molecule has 0 saturated carbocycles. The van der Waals surface area contributed by atoms with Crippen molar-refractivity contribution in [3.8, 4) is 23.0 Å². The Bertz CT molecular complexity index is 690. The van der Waals surface area contributed by atoms with E-state index >= 15 is 0 Å². The number of amides is 1. The summed E-state index contributed by atoms with van der Waals surface area (Å²) in [5.41, 5.74) is 0.668. The summed E-state index contributed by atoms with van der Waals surface area (Å²) in [6, 6.07) is 5.47. The molecule has 0 bridgehead atoms. The molecule has 0 spiro atoms. The molecule has 0 radical (unpaired) electrons. The molecule has 24 heavy (non-hydrogen) atoms. The monoisotopic (exact) mass is 351 g/mol. The molecular weight excluding hydrogens is 330 g/mol.